The van der Waals surface area contributed by atoms with Gasteiger partial charge in [0, 0.05) is 146 Å². The number of hydrogen-bond acceptors (Lipinski definition) is 26. The van der Waals surface area contributed by atoms with E-state index in [1.807, 2.05) is 108 Å². The number of hydrogen-bond donors (Lipinski definition) is 7. The maximum atomic E-state index is 13.3. The summed E-state index contributed by atoms with van der Waals surface area (Å²) in [5.74, 6) is -2.28. The number of rotatable bonds is 12. The number of aromatic nitrogens is 11. The predicted octanol–water partition coefficient (Wildman–Crippen LogP) is 23.1. The summed E-state index contributed by atoms with van der Waals surface area (Å²) >= 11 is 38.4. The van der Waals surface area contributed by atoms with Crippen LogP contribution in [0.15, 0.2) is 253 Å². The van der Waals surface area contributed by atoms with Gasteiger partial charge in [-0.3, -0.25) is 34.9 Å². The Morgan fingerprint density at radius 1 is 0.393 bits per heavy atom. The number of nitrogen functional groups attached to an aromatic ring is 5. The monoisotopic (exact) mass is 2170 g/mol. The number of carboxylic acid groups (broad SMARTS) is 1. The molecule has 6 aliphatic rings. The second-order valence-electron chi connectivity index (χ2n) is 33.9. The van der Waals surface area contributed by atoms with Crippen LogP contribution in [0, 0.1) is 40.4 Å². The first-order chi connectivity index (χ1) is 69.4. The Morgan fingerprint density at radius 3 is 1.08 bits per heavy atom. The fourth-order valence-electron chi connectivity index (χ4n) is 15.4. The van der Waals surface area contributed by atoms with E-state index in [-0.39, 0.29) is 76.5 Å². The lowest BCUT2D eigenvalue weighted by atomic mass is 9.78. The van der Waals surface area contributed by atoms with E-state index in [1.165, 1.54) is 85.2 Å². The third kappa shape index (κ3) is 23.8. The molecule has 0 unspecified atom stereocenters. The van der Waals surface area contributed by atoms with Crippen molar-refractivity contribution in [3.63, 3.8) is 0 Å². The van der Waals surface area contributed by atoms with E-state index in [0.717, 1.165) is 94.1 Å². The topological polar surface area (TPSA) is 439 Å². The summed E-state index contributed by atoms with van der Waals surface area (Å²) in [7, 11) is -0.373. The molecule has 16 aromatic rings. The van der Waals surface area contributed by atoms with Gasteiger partial charge in [0.25, 0.3) is 0 Å². The molecule has 0 aliphatic carbocycles. The van der Waals surface area contributed by atoms with Gasteiger partial charge in [-0.25, -0.2) is 71.6 Å². The molecule has 0 radical (unpaired) electrons. The number of aromatic carboxylic acids is 1. The van der Waals surface area contributed by atoms with Crippen molar-refractivity contribution in [2.75, 3.05) is 28.7 Å². The van der Waals surface area contributed by atoms with Crippen LogP contribution < -0.4 is 39.9 Å². The van der Waals surface area contributed by atoms with Crippen LogP contribution in [0.5, 0.6) is 0 Å². The minimum absolute atomic E-state index is 0.0180. The zero-order valence-corrected chi connectivity index (χ0v) is 84.1. The number of carbonyl (C=O) groups is 1. The van der Waals surface area contributed by atoms with Crippen LogP contribution in [0.1, 0.15) is 118 Å². The molecule has 145 heavy (non-hydrogen) atoms. The number of fused-ring (bicyclic) bond motifs is 5. The first-order valence-electron chi connectivity index (χ1n) is 44.1. The zero-order chi connectivity index (χ0) is 103. The summed E-state index contributed by atoms with van der Waals surface area (Å²) in [6, 6.07) is 56.1. The predicted molar refractivity (Wildman–Crippen MR) is 569 cm³/mol. The van der Waals surface area contributed by atoms with Crippen molar-refractivity contribution >= 4 is 169 Å². The Bertz CT molecular complexity index is 7910. The lowest BCUT2D eigenvalue weighted by Crippen LogP contribution is -2.41. The third-order valence-corrected chi connectivity index (χ3v) is 26.4. The Morgan fingerprint density at radius 2 is 0.717 bits per heavy atom. The van der Waals surface area contributed by atoms with Crippen molar-refractivity contribution in [1.82, 2.24) is 54.8 Å². The Labute approximate surface area is 869 Å². The van der Waals surface area contributed by atoms with Crippen molar-refractivity contribution in [2.24, 2.45) is 30.7 Å². The summed E-state index contributed by atoms with van der Waals surface area (Å²) in [6.07, 6.45) is 13.6. The fourth-order valence-corrected chi connectivity index (χ4v) is 17.5. The molecule has 1 atom stereocenters. The highest BCUT2D eigenvalue weighted by atomic mass is 79.9. The lowest BCUT2D eigenvalue weighted by Gasteiger charge is -2.32. The number of anilines is 5. The van der Waals surface area contributed by atoms with E-state index in [0.29, 0.717) is 153 Å². The van der Waals surface area contributed by atoms with Crippen LogP contribution in [-0.2, 0) is 42.0 Å². The van der Waals surface area contributed by atoms with Crippen LogP contribution in [0.25, 0.3) is 101 Å². The maximum absolute atomic E-state index is 13.3. The van der Waals surface area contributed by atoms with Crippen molar-refractivity contribution in [3.05, 3.63) is 355 Å². The highest BCUT2D eigenvalue weighted by Gasteiger charge is 2.52. The first-order valence-corrected chi connectivity index (χ1v) is 47.6. The zero-order valence-electron chi connectivity index (χ0n) is 77.1. The smallest absolute Gasteiger partial charge is 0.476 e. The Balaban J connectivity index is 0.000000123. The maximum Gasteiger partial charge on any atom is 0.494 e. The van der Waals surface area contributed by atoms with Gasteiger partial charge in [0.15, 0.2) is 28.8 Å². The van der Waals surface area contributed by atoms with Gasteiger partial charge < -0.3 is 48.8 Å². The number of nitrogens with two attached hydrogens (primary N) is 6. The van der Waals surface area contributed by atoms with Gasteiger partial charge in [-0.15, -0.1) is 0 Å². The number of pyridine rings is 1. The standard InChI is InChI=1S/C19H11ClFN5.C19H12ClFN4O2.C18H11BrClFN4.C18H12ClFN4.C14H17BClNO2.C10H7BrFN3.C7H10N2/c20-15-6-11(5-12-8-24-9-14(12)15)18-17(10-1-3-13(21)4-2-10)26-19(23)16(7-22)25-18;20-14-6-10(5-11-7-23-8-13(11)14)16-15(9-1-3-12(21)4-2-9)25-18(22)17(24-16)19(26)27;19-17-18(22)25-15(9-1-3-12(21)4-2-9)16(24-17)10-5-11-7-23-8-13(11)14(20)6-10;19-15-6-11(5-12-7-22-8-14(12)15)17-18(24-16(21)9-23-17)10-1-3-13(20)4-2-10;1-13(2)14(3,4)19-15(18-13)10-5-9-7-17-8-11(9)12(16)6-10;11-10-9(15-8(13)5-14-10)6-1-3-7(12)4-2-6;1-6(8)7-4-2-3-5-9-7/h1-6,8H,9H2,(H2,23,26);1-7H,8H2,(H2,22,25)(H,26,27);1-7H,8H2,(H2,22,25);1-7,9H,8H2,(H2,21,24);5-7H,8H2,1-4H3;1-5H,(H2,13,15);2-6H,8H2,1H3/t;;;;;;6-/m......0/s1. The number of nitriles is 1. The summed E-state index contributed by atoms with van der Waals surface area (Å²) in [6.45, 7) is 13.0. The molecule has 726 valence electrons. The molecule has 6 aromatic heterocycles. The molecular formula is C105H80BBr2Cl5F5N23O4. The molecule has 22 rings (SSSR count). The van der Waals surface area contributed by atoms with Gasteiger partial charge in [-0.1, -0.05) is 70.1 Å². The van der Waals surface area contributed by atoms with Gasteiger partial charge in [0.05, 0.1) is 108 Å². The molecule has 10 aromatic carbocycles. The number of carboxylic acids is 1. The quantitative estimate of drug-likeness (QED) is 0.0441. The molecular weight excluding hydrogens is 2090 g/mol. The van der Waals surface area contributed by atoms with Crippen LogP contribution in [-0.4, -0.2) is 115 Å². The number of benzene rings is 10. The highest BCUT2D eigenvalue weighted by Crippen LogP contribution is 2.44. The van der Waals surface area contributed by atoms with Crippen molar-refractivity contribution < 1.29 is 41.2 Å². The van der Waals surface area contributed by atoms with E-state index in [1.54, 1.807) is 91.7 Å². The first kappa shape index (κ1) is 103. The van der Waals surface area contributed by atoms with Crippen molar-refractivity contribution in [1.29, 1.82) is 5.26 Å². The molecule has 27 nitrogen and oxygen atoms in total. The second kappa shape index (κ2) is 44.5. The third-order valence-electron chi connectivity index (χ3n) is 23.5. The molecule has 1 fully saturated rings. The molecule has 1 saturated heterocycles. The number of nitrogens with zero attached hydrogens (tertiary/aromatic N) is 17. The van der Waals surface area contributed by atoms with Crippen LogP contribution in [0.2, 0.25) is 25.1 Å². The van der Waals surface area contributed by atoms with Crippen molar-refractivity contribution in [3.8, 4) is 107 Å². The van der Waals surface area contributed by atoms with Gasteiger partial charge in [0.2, 0.25) is 0 Å². The van der Waals surface area contributed by atoms with Crippen LogP contribution in [0.4, 0.5) is 51.0 Å². The minimum Gasteiger partial charge on any atom is -0.476 e. The van der Waals surface area contributed by atoms with Gasteiger partial charge >= 0.3 is 13.1 Å². The van der Waals surface area contributed by atoms with Crippen LogP contribution >= 0.6 is 89.9 Å². The largest absolute Gasteiger partial charge is 0.494 e. The molecule has 13 N–H and O–H groups in total. The highest BCUT2D eigenvalue weighted by molar-refractivity contribution is 9.10. The summed E-state index contributed by atoms with van der Waals surface area (Å²) in [5, 5.41) is 21.7. The number of halogens is 12. The van der Waals surface area contributed by atoms with Gasteiger partial charge in [-0.05, 0) is 288 Å². The summed E-state index contributed by atoms with van der Waals surface area (Å²) in [4.78, 5) is 79.8. The van der Waals surface area contributed by atoms with E-state index in [2.05, 4.69) is 118 Å². The molecule has 0 saturated carbocycles. The molecule has 12 heterocycles. The minimum atomic E-state index is -1.29. The SMILES string of the molecule is CC1(C)OB(c2cc(Cl)c3c(c2)C=NC3)OC1(C)C.C[C@H](N)c1ccccn1.N#Cc1nc(-c2cc(Cl)c3c(c2)C=NC3)c(-c2ccc(F)cc2)nc1N.Nc1cnc(-c2cc(Cl)c3c(c2)C=NC3)c(-c2ccc(F)cc2)n1.Nc1cnc(Br)c(-c2ccc(F)cc2)n1.Nc1nc(-c2ccc(F)cc2)c(-c2cc(Cl)c3c(c2)C=NC3)nc1Br.Nc1nc(-c2ccc(F)cc2)c(-c2cc(Cl)c3c(c2)C=NC3)nc1C(=O)O. The molecule has 0 spiro atoms. The van der Waals surface area contributed by atoms with E-state index in [4.69, 9.17) is 102 Å². The summed E-state index contributed by atoms with van der Waals surface area (Å²) in [5.41, 5.74) is 55.8. The second-order valence-corrected chi connectivity index (χ2v) is 37.5. The fraction of sp³-hybridized carbons (Fsp3) is 0.124. The van der Waals surface area contributed by atoms with E-state index >= 15 is 0 Å². The summed E-state index contributed by atoms with van der Waals surface area (Å²) < 4.78 is 78.9. The van der Waals surface area contributed by atoms with Gasteiger partial charge in [-0.2, -0.15) is 5.26 Å². The molecule has 0 bridgehead atoms. The lowest BCUT2D eigenvalue weighted by molar-refractivity contribution is 0.00578. The average Bonchev–Trinajstić information content (AvgIpc) is 1.72. The van der Waals surface area contributed by atoms with Crippen LogP contribution in [0.3, 0.4) is 0 Å². The number of aliphatic imine (C=N–C) groups is 5. The Kier molecular flexibility index (Phi) is 31.6. The Hall–Kier alpha value is -14.9. The molecule has 40 heteroatoms. The normalized spacial score (nSPS) is 13.5. The van der Waals surface area contributed by atoms with E-state index < -0.39 is 11.8 Å². The van der Waals surface area contributed by atoms with Crippen molar-refractivity contribution in [2.45, 2.75) is 84.6 Å². The average molecular weight is 2170 g/mol. The van der Waals surface area contributed by atoms with Gasteiger partial charge in [0.1, 0.15) is 61.7 Å². The molecule has 0 amide bonds. The molecule has 6 aliphatic heterocycles. The van der Waals surface area contributed by atoms with E-state index in [9.17, 15) is 37.1 Å².